The summed E-state index contributed by atoms with van der Waals surface area (Å²) in [5.41, 5.74) is 1.92. The molecule has 1 aliphatic rings. The van der Waals surface area contributed by atoms with Gasteiger partial charge >= 0.3 is 5.97 Å². The Balaban J connectivity index is 1.65. The van der Waals surface area contributed by atoms with Crippen LogP contribution in [0.3, 0.4) is 0 Å². The minimum atomic E-state index is -0.781. The number of ether oxygens (including phenoxy) is 1. The number of nitrogens with zero attached hydrogens (tertiary/aromatic N) is 2. The molecule has 1 heterocycles. The fourth-order valence-electron chi connectivity index (χ4n) is 3.14. The van der Waals surface area contributed by atoms with Crippen molar-refractivity contribution in [1.29, 1.82) is 0 Å². The highest BCUT2D eigenvalue weighted by Gasteiger charge is 2.24. The lowest BCUT2D eigenvalue weighted by molar-refractivity contribution is -0.384. The van der Waals surface area contributed by atoms with E-state index in [1.165, 1.54) is 12.1 Å². The molecule has 2 aromatic carbocycles. The summed E-state index contributed by atoms with van der Waals surface area (Å²) < 4.78 is 5.01. The Hall–Kier alpha value is -3.42. The maximum atomic E-state index is 12.2. The lowest BCUT2D eigenvalue weighted by atomic mass is 10.1. The van der Waals surface area contributed by atoms with Crippen LogP contribution in [0.5, 0.6) is 0 Å². The molecule has 0 unspecified atom stereocenters. The van der Waals surface area contributed by atoms with E-state index in [0.29, 0.717) is 11.4 Å². The molecule has 0 aliphatic carbocycles. The molecule has 8 nitrogen and oxygen atoms in total. The quantitative estimate of drug-likeness (QED) is 0.466. The molecule has 0 radical (unpaired) electrons. The van der Waals surface area contributed by atoms with Crippen molar-refractivity contribution in [3.63, 3.8) is 0 Å². The Morgan fingerprint density at radius 3 is 2.57 bits per heavy atom. The second-order valence-corrected chi connectivity index (χ2v) is 6.59. The third kappa shape index (κ3) is 4.46. The van der Waals surface area contributed by atoms with Gasteiger partial charge in [0.2, 0.25) is 0 Å². The van der Waals surface area contributed by atoms with Crippen LogP contribution in [0, 0.1) is 17.0 Å². The average molecular weight is 383 g/mol. The molecule has 1 N–H and O–H groups in total. The molecule has 146 valence electrons. The zero-order valence-corrected chi connectivity index (χ0v) is 15.5. The second kappa shape index (κ2) is 8.51. The Bertz CT molecular complexity index is 906. The van der Waals surface area contributed by atoms with E-state index < -0.39 is 23.4 Å². The van der Waals surface area contributed by atoms with Gasteiger partial charge in [0.05, 0.1) is 10.5 Å². The zero-order chi connectivity index (χ0) is 20.1. The van der Waals surface area contributed by atoms with E-state index in [1.807, 2.05) is 24.0 Å². The molecule has 8 heteroatoms. The number of aryl methyl sites for hydroxylation is 1. The Kier molecular flexibility index (Phi) is 5.88. The summed E-state index contributed by atoms with van der Waals surface area (Å²) in [5.74, 6) is -1.26. The van der Waals surface area contributed by atoms with Gasteiger partial charge < -0.3 is 15.0 Å². The van der Waals surface area contributed by atoms with E-state index >= 15 is 0 Å². The van der Waals surface area contributed by atoms with E-state index in [0.717, 1.165) is 31.5 Å². The molecule has 0 atom stereocenters. The fourth-order valence-corrected chi connectivity index (χ4v) is 3.14. The van der Waals surface area contributed by atoms with Crippen LogP contribution in [0.2, 0.25) is 0 Å². The maximum Gasteiger partial charge on any atom is 0.338 e. The smallest absolute Gasteiger partial charge is 0.338 e. The first-order valence-electron chi connectivity index (χ1n) is 9.01. The minimum absolute atomic E-state index is 0.0401. The number of nitro benzene ring substituents is 1. The number of esters is 1. The van der Waals surface area contributed by atoms with Crippen molar-refractivity contribution in [2.75, 3.05) is 29.9 Å². The van der Waals surface area contributed by atoms with Gasteiger partial charge in [-0.25, -0.2) is 4.79 Å². The highest BCUT2D eigenvalue weighted by Crippen LogP contribution is 2.31. The number of benzene rings is 2. The molecular formula is C20H21N3O5. The number of rotatable bonds is 6. The van der Waals surface area contributed by atoms with Crippen molar-refractivity contribution in [3.8, 4) is 0 Å². The number of carbonyl (C=O) groups is 2. The normalized spacial score (nSPS) is 13.2. The predicted molar refractivity (Wildman–Crippen MR) is 105 cm³/mol. The van der Waals surface area contributed by atoms with Gasteiger partial charge in [0, 0.05) is 24.8 Å². The topological polar surface area (TPSA) is 102 Å². The first-order chi connectivity index (χ1) is 13.5. The van der Waals surface area contributed by atoms with Crippen LogP contribution in [0.25, 0.3) is 0 Å². The Labute approximate surface area is 162 Å². The van der Waals surface area contributed by atoms with Gasteiger partial charge in [-0.2, -0.15) is 0 Å². The number of nitrogens with one attached hydrogen (secondary N) is 1. The minimum Gasteiger partial charge on any atom is -0.452 e. The van der Waals surface area contributed by atoms with Crippen LogP contribution in [-0.4, -0.2) is 36.5 Å². The number of hydrogen-bond donors (Lipinski definition) is 1. The van der Waals surface area contributed by atoms with E-state index in [-0.39, 0.29) is 11.3 Å². The molecule has 28 heavy (non-hydrogen) atoms. The van der Waals surface area contributed by atoms with Crippen LogP contribution in [0.1, 0.15) is 28.8 Å². The lowest BCUT2D eigenvalue weighted by Gasteiger charge is -2.17. The number of carbonyl (C=O) groups excluding carboxylic acids is 2. The summed E-state index contributed by atoms with van der Waals surface area (Å²) >= 11 is 0. The van der Waals surface area contributed by atoms with Gasteiger partial charge in [-0.1, -0.05) is 18.2 Å². The molecule has 1 fully saturated rings. The number of nitro groups is 1. The van der Waals surface area contributed by atoms with Gasteiger partial charge in [-0.15, -0.1) is 0 Å². The average Bonchev–Trinajstić information content (AvgIpc) is 3.22. The maximum absolute atomic E-state index is 12.2. The van der Waals surface area contributed by atoms with E-state index in [9.17, 15) is 19.7 Å². The summed E-state index contributed by atoms with van der Waals surface area (Å²) in [6, 6.07) is 11.5. The predicted octanol–water partition coefficient (Wildman–Crippen LogP) is 3.30. The molecule has 0 spiro atoms. The van der Waals surface area contributed by atoms with Crippen molar-refractivity contribution < 1.29 is 19.2 Å². The molecule has 1 amide bonds. The van der Waals surface area contributed by atoms with Crippen LogP contribution >= 0.6 is 0 Å². The number of para-hydroxylation sites is 1. The third-order valence-corrected chi connectivity index (χ3v) is 4.61. The molecule has 2 aromatic rings. The summed E-state index contributed by atoms with van der Waals surface area (Å²) in [6.45, 7) is 2.88. The third-order valence-electron chi connectivity index (χ3n) is 4.61. The molecule has 1 saturated heterocycles. The first kappa shape index (κ1) is 19.3. The molecule has 0 saturated carbocycles. The summed E-state index contributed by atoms with van der Waals surface area (Å²) in [5, 5.41) is 14.1. The Morgan fingerprint density at radius 1 is 1.18 bits per heavy atom. The van der Waals surface area contributed by atoms with Crippen molar-refractivity contribution in [2.45, 2.75) is 19.8 Å². The highest BCUT2D eigenvalue weighted by atomic mass is 16.6. The van der Waals surface area contributed by atoms with Crippen molar-refractivity contribution >= 4 is 28.9 Å². The van der Waals surface area contributed by atoms with Gasteiger partial charge in [-0.3, -0.25) is 14.9 Å². The number of amides is 1. The Morgan fingerprint density at radius 2 is 1.89 bits per heavy atom. The molecule has 0 bridgehead atoms. The SMILES string of the molecule is Cc1ccccc1NC(=O)COC(=O)c1ccc(N2CCCC2)c([N+](=O)[O-])c1. The first-order valence-corrected chi connectivity index (χ1v) is 9.01. The van der Waals surface area contributed by atoms with Crippen LogP contribution < -0.4 is 10.2 Å². The van der Waals surface area contributed by atoms with E-state index in [1.54, 1.807) is 18.2 Å². The largest absolute Gasteiger partial charge is 0.452 e. The molecular weight excluding hydrogens is 362 g/mol. The fraction of sp³-hybridized carbons (Fsp3) is 0.300. The molecule has 0 aromatic heterocycles. The summed E-state index contributed by atoms with van der Waals surface area (Å²) in [6.07, 6.45) is 1.97. The van der Waals surface area contributed by atoms with Gasteiger partial charge in [0.15, 0.2) is 6.61 Å². The lowest BCUT2D eigenvalue weighted by Crippen LogP contribution is -2.22. The molecule has 1 aliphatic heterocycles. The van der Waals surface area contributed by atoms with E-state index in [4.69, 9.17) is 4.74 Å². The van der Waals surface area contributed by atoms with Crippen molar-refractivity contribution in [1.82, 2.24) is 0 Å². The van der Waals surface area contributed by atoms with Crippen LogP contribution in [0.4, 0.5) is 17.1 Å². The zero-order valence-electron chi connectivity index (χ0n) is 15.5. The number of hydrogen-bond acceptors (Lipinski definition) is 6. The summed E-state index contributed by atoms with van der Waals surface area (Å²) in [7, 11) is 0. The van der Waals surface area contributed by atoms with Crippen LogP contribution in [0.15, 0.2) is 42.5 Å². The molecule has 3 rings (SSSR count). The van der Waals surface area contributed by atoms with Crippen molar-refractivity contribution in [3.05, 3.63) is 63.7 Å². The highest BCUT2D eigenvalue weighted by molar-refractivity contribution is 5.96. The van der Waals surface area contributed by atoms with Gasteiger partial charge in [0.25, 0.3) is 11.6 Å². The standard InChI is InChI=1S/C20H21N3O5/c1-14-6-2-3-7-16(14)21-19(24)13-28-20(25)15-8-9-17(18(12-15)23(26)27)22-10-4-5-11-22/h2-3,6-9,12H,4-5,10-11,13H2,1H3,(H,21,24). The van der Waals surface area contributed by atoms with Gasteiger partial charge in [0.1, 0.15) is 5.69 Å². The van der Waals surface area contributed by atoms with Crippen LogP contribution in [-0.2, 0) is 9.53 Å². The van der Waals surface area contributed by atoms with E-state index in [2.05, 4.69) is 5.32 Å². The number of anilines is 2. The monoisotopic (exact) mass is 383 g/mol. The van der Waals surface area contributed by atoms with Crippen molar-refractivity contribution in [2.24, 2.45) is 0 Å². The summed E-state index contributed by atoms with van der Waals surface area (Å²) in [4.78, 5) is 37.1. The van der Waals surface area contributed by atoms with Gasteiger partial charge in [-0.05, 0) is 43.5 Å². The second-order valence-electron chi connectivity index (χ2n) is 6.59.